The Hall–Kier alpha value is -2.33. The monoisotopic (exact) mass is 312 g/mol. The number of amides is 1. The second-order valence-corrected chi connectivity index (χ2v) is 6.06. The zero-order chi connectivity index (χ0) is 16.9. The van der Waals surface area contributed by atoms with Crippen LogP contribution in [0.15, 0.2) is 48.5 Å². The van der Waals surface area contributed by atoms with Crippen molar-refractivity contribution in [2.24, 2.45) is 5.73 Å². The molecule has 0 unspecified atom stereocenters. The van der Waals surface area contributed by atoms with Gasteiger partial charge in [0.25, 0.3) is 0 Å². The molecule has 0 radical (unpaired) electrons. The fourth-order valence-corrected chi connectivity index (χ4v) is 2.50. The summed E-state index contributed by atoms with van der Waals surface area (Å²) in [6, 6.07) is 15.3. The van der Waals surface area contributed by atoms with Crippen molar-refractivity contribution in [3.8, 4) is 5.75 Å². The van der Waals surface area contributed by atoms with Crippen LogP contribution >= 0.6 is 0 Å². The van der Waals surface area contributed by atoms with Gasteiger partial charge < -0.3 is 15.8 Å². The molecule has 0 saturated heterocycles. The molecule has 3 N–H and O–H groups in total. The standard InChI is InChI=1S/C19H24N2O2/c1-14-6-4-5-7-17(14)19(2,3)18(22)21-15-8-10-16(11-9-15)23-13-12-20/h4-11H,12-13,20H2,1-3H3,(H,21,22). The maximum absolute atomic E-state index is 12.7. The average Bonchev–Trinajstić information content (AvgIpc) is 2.54. The summed E-state index contributed by atoms with van der Waals surface area (Å²) in [4.78, 5) is 12.7. The highest BCUT2D eigenvalue weighted by molar-refractivity contribution is 5.98. The van der Waals surface area contributed by atoms with Gasteiger partial charge in [-0.3, -0.25) is 4.79 Å². The first-order valence-corrected chi connectivity index (χ1v) is 7.75. The van der Waals surface area contributed by atoms with Crippen molar-refractivity contribution in [2.45, 2.75) is 26.2 Å². The van der Waals surface area contributed by atoms with Gasteiger partial charge in [-0.2, -0.15) is 0 Å². The smallest absolute Gasteiger partial charge is 0.234 e. The molecule has 0 heterocycles. The molecular weight excluding hydrogens is 288 g/mol. The van der Waals surface area contributed by atoms with Gasteiger partial charge in [0.05, 0.1) is 5.41 Å². The van der Waals surface area contributed by atoms with Gasteiger partial charge in [0.15, 0.2) is 0 Å². The van der Waals surface area contributed by atoms with E-state index in [2.05, 4.69) is 5.32 Å². The molecule has 0 bridgehead atoms. The van der Waals surface area contributed by atoms with Crippen LogP contribution in [0.4, 0.5) is 5.69 Å². The summed E-state index contributed by atoms with van der Waals surface area (Å²) in [6.07, 6.45) is 0. The van der Waals surface area contributed by atoms with E-state index in [1.807, 2.05) is 69.3 Å². The van der Waals surface area contributed by atoms with E-state index in [1.54, 1.807) is 0 Å². The molecule has 0 spiro atoms. The summed E-state index contributed by atoms with van der Waals surface area (Å²) in [5, 5.41) is 2.97. The normalized spacial score (nSPS) is 11.1. The van der Waals surface area contributed by atoms with E-state index in [9.17, 15) is 4.79 Å². The average molecular weight is 312 g/mol. The minimum Gasteiger partial charge on any atom is -0.492 e. The number of rotatable bonds is 6. The van der Waals surface area contributed by atoms with E-state index >= 15 is 0 Å². The minimum absolute atomic E-state index is 0.0394. The van der Waals surface area contributed by atoms with Gasteiger partial charge in [-0.15, -0.1) is 0 Å². The Labute approximate surface area is 137 Å². The van der Waals surface area contributed by atoms with Crippen LogP contribution in [-0.4, -0.2) is 19.1 Å². The first kappa shape index (κ1) is 17.0. The molecule has 4 heteroatoms. The van der Waals surface area contributed by atoms with Crippen LogP contribution in [-0.2, 0) is 10.2 Å². The van der Waals surface area contributed by atoms with Gasteiger partial charge in [0.1, 0.15) is 12.4 Å². The van der Waals surface area contributed by atoms with Crippen LogP contribution in [0.1, 0.15) is 25.0 Å². The highest BCUT2D eigenvalue weighted by Gasteiger charge is 2.30. The number of ether oxygens (including phenoxy) is 1. The Morgan fingerprint density at radius 1 is 1.13 bits per heavy atom. The molecule has 0 fully saturated rings. The van der Waals surface area contributed by atoms with Gasteiger partial charge in [0, 0.05) is 12.2 Å². The molecule has 2 rings (SSSR count). The number of nitrogens with two attached hydrogens (primary N) is 1. The van der Waals surface area contributed by atoms with Crippen molar-refractivity contribution in [3.63, 3.8) is 0 Å². The quantitative estimate of drug-likeness (QED) is 0.860. The lowest BCUT2D eigenvalue weighted by molar-refractivity contribution is -0.120. The first-order chi connectivity index (χ1) is 10.9. The van der Waals surface area contributed by atoms with Crippen molar-refractivity contribution >= 4 is 11.6 Å². The molecule has 122 valence electrons. The van der Waals surface area contributed by atoms with Crippen LogP contribution in [0.5, 0.6) is 5.75 Å². The van der Waals surface area contributed by atoms with Crippen molar-refractivity contribution in [3.05, 3.63) is 59.7 Å². The largest absolute Gasteiger partial charge is 0.492 e. The predicted molar refractivity (Wildman–Crippen MR) is 93.8 cm³/mol. The second-order valence-electron chi connectivity index (χ2n) is 6.06. The molecule has 2 aromatic carbocycles. The van der Waals surface area contributed by atoms with E-state index in [1.165, 1.54) is 0 Å². The van der Waals surface area contributed by atoms with Crippen LogP contribution in [0.2, 0.25) is 0 Å². The van der Waals surface area contributed by atoms with Crippen LogP contribution < -0.4 is 15.8 Å². The maximum atomic E-state index is 12.7. The summed E-state index contributed by atoms with van der Waals surface area (Å²) in [5.74, 6) is 0.703. The third kappa shape index (κ3) is 4.11. The number of benzene rings is 2. The van der Waals surface area contributed by atoms with Crippen LogP contribution in [0.3, 0.4) is 0 Å². The number of hydrogen-bond donors (Lipinski definition) is 2. The number of carbonyl (C=O) groups is 1. The van der Waals surface area contributed by atoms with Crippen LogP contribution in [0, 0.1) is 6.92 Å². The van der Waals surface area contributed by atoms with Crippen molar-refractivity contribution in [2.75, 3.05) is 18.5 Å². The van der Waals surface area contributed by atoms with Gasteiger partial charge in [-0.25, -0.2) is 0 Å². The number of hydrogen-bond acceptors (Lipinski definition) is 3. The van der Waals surface area contributed by atoms with E-state index in [0.717, 1.165) is 22.6 Å². The summed E-state index contributed by atoms with van der Waals surface area (Å²) >= 11 is 0. The lowest BCUT2D eigenvalue weighted by Gasteiger charge is -2.26. The SMILES string of the molecule is Cc1ccccc1C(C)(C)C(=O)Nc1ccc(OCCN)cc1. The Morgan fingerprint density at radius 3 is 2.39 bits per heavy atom. The number of aryl methyl sites for hydroxylation is 1. The maximum Gasteiger partial charge on any atom is 0.234 e. The summed E-state index contributed by atoms with van der Waals surface area (Å²) in [6.45, 7) is 6.84. The van der Waals surface area contributed by atoms with E-state index in [-0.39, 0.29) is 5.91 Å². The third-order valence-electron chi connectivity index (χ3n) is 3.88. The number of nitrogens with one attached hydrogen (secondary N) is 1. The molecule has 0 saturated carbocycles. The van der Waals surface area contributed by atoms with E-state index in [0.29, 0.717) is 13.2 Å². The molecule has 1 amide bonds. The lowest BCUT2D eigenvalue weighted by atomic mass is 9.81. The van der Waals surface area contributed by atoms with Gasteiger partial charge in [-0.1, -0.05) is 24.3 Å². The number of carbonyl (C=O) groups excluding carboxylic acids is 1. The fourth-order valence-electron chi connectivity index (χ4n) is 2.50. The molecule has 23 heavy (non-hydrogen) atoms. The first-order valence-electron chi connectivity index (χ1n) is 7.75. The molecule has 0 aromatic heterocycles. The minimum atomic E-state index is -0.611. The summed E-state index contributed by atoms with van der Waals surface area (Å²) in [7, 11) is 0. The van der Waals surface area contributed by atoms with Crippen molar-refractivity contribution in [1.29, 1.82) is 0 Å². The Balaban J connectivity index is 2.10. The van der Waals surface area contributed by atoms with Gasteiger partial charge in [-0.05, 0) is 56.2 Å². The lowest BCUT2D eigenvalue weighted by Crippen LogP contribution is -2.35. The second kappa shape index (κ2) is 7.29. The highest BCUT2D eigenvalue weighted by atomic mass is 16.5. The Morgan fingerprint density at radius 2 is 1.78 bits per heavy atom. The van der Waals surface area contributed by atoms with E-state index < -0.39 is 5.41 Å². The highest BCUT2D eigenvalue weighted by Crippen LogP contribution is 2.28. The Bertz CT molecular complexity index is 663. The zero-order valence-corrected chi connectivity index (χ0v) is 13.9. The third-order valence-corrected chi connectivity index (χ3v) is 3.88. The van der Waals surface area contributed by atoms with E-state index in [4.69, 9.17) is 10.5 Å². The van der Waals surface area contributed by atoms with Gasteiger partial charge >= 0.3 is 0 Å². The molecule has 4 nitrogen and oxygen atoms in total. The van der Waals surface area contributed by atoms with Crippen molar-refractivity contribution < 1.29 is 9.53 Å². The molecule has 0 aliphatic carbocycles. The topological polar surface area (TPSA) is 64.3 Å². The van der Waals surface area contributed by atoms with Crippen molar-refractivity contribution in [1.82, 2.24) is 0 Å². The van der Waals surface area contributed by atoms with Gasteiger partial charge in [0.2, 0.25) is 5.91 Å². The predicted octanol–water partition coefficient (Wildman–Crippen LogP) is 3.25. The number of anilines is 1. The summed E-state index contributed by atoms with van der Waals surface area (Å²) in [5.41, 5.74) is 7.68. The molecule has 0 aliphatic heterocycles. The molecule has 0 atom stereocenters. The molecular formula is C19H24N2O2. The molecule has 0 aliphatic rings. The zero-order valence-electron chi connectivity index (χ0n) is 13.9. The van der Waals surface area contributed by atoms with Crippen LogP contribution in [0.25, 0.3) is 0 Å². The fraction of sp³-hybridized carbons (Fsp3) is 0.316. The Kier molecular flexibility index (Phi) is 5.40. The summed E-state index contributed by atoms with van der Waals surface area (Å²) < 4.78 is 5.43. The molecule has 2 aromatic rings.